The number of nitrogens with zero attached hydrogens (tertiary/aromatic N) is 2. The van der Waals surface area contributed by atoms with Gasteiger partial charge in [-0.05, 0) is 94.2 Å². The Hall–Kier alpha value is -2.70. The van der Waals surface area contributed by atoms with E-state index in [9.17, 15) is 14.0 Å². The minimum Gasteiger partial charge on any atom is -0.466 e. The molecular formula is C32H42FN3O3. The molecule has 0 saturated heterocycles. The molecule has 1 aromatic heterocycles. The van der Waals surface area contributed by atoms with Crippen molar-refractivity contribution < 1.29 is 18.7 Å². The Morgan fingerprint density at radius 2 is 1.74 bits per heavy atom. The van der Waals surface area contributed by atoms with Crippen molar-refractivity contribution in [1.29, 1.82) is 0 Å². The fourth-order valence-electron chi connectivity index (χ4n) is 8.18. The normalized spacial score (nSPS) is 28.6. The van der Waals surface area contributed by atoms with Gasteiger partial charge in [-0.3, -0.25) is 14.3 Å². The summed E-state index contributed by atoms with van der Waals surface area (Å²) in [7, 11) is 0. The maximum Gasteiger partial charge on any atom is 0.311 e. The summed E-state index contributed by atoms with van der Waals surface area (Å²) in [5.74, 6) is 0.121. The highest BCUT2D eigenvalue weighted by Crippen LogP contribution is 2.49. The monoisotopic (exact) mass is 535 g/mol. The Kier molecular flexibility index (Phi) is 7.77. The van der Waals surface area contributed by atoms with Gasteiger partial charge in [-0.1, -0.05) is 37.8 Å². The number of carbonyl (C=O) groups excluding carboxylic acids is 2. The highest BCUT2D eigenvalue weighted by molar-refractivity contribution is 5.95. The third-order valence-electron chi connectivity index (χ3n) is 9.97. The number of hydrogen-bond donors (Lipinski definition) is 1. The summed E-state index contributed by atoms with van der Waals surface area (Å²) in [5, 5.41) is 8.42. The Balaban J connectivity index is 1.33. The van der Waals surface area contributed by atoms with Crippen LogP contribution in [0.25, 0.3) is 0 Å². The van der Waals surface area contributed by atoms with Gasteiger partial charge in [-0.25, -0.2) is 4.39 Å². The lowest BCUT2D eigenvalue weighted by atomic mass is 9.84. The lowest BCUT2D eigenvalue weighted by Crippen LogP contribution is -2.47. The van der Waals surface area contributed by atoms with Crippen molar-refractivity contribution in [3.8, 4) is 0 Å². The fraction of sp³-hybridized carbons (Fsp3) is 0.656. The first-order valence-electron chi connectivity index (χ1n) is 15.4. The van der Waals surface area contributed by atoms with E-state index in [2.05, 4.69) is 10.00 Å². The summed E-state index contributed by atoms with van der Waals surface area (Å²) in [5.41, 5.74) is 4.00. The van der Waals surface area contributed by atoms with Crippen LogP contribution in [0.15, 0.2) is 24.3 Å². The zero-order valence-corrected chi connectivity index (χ0v) is 23.2. The quantitative estimate of drug-likeness (QED) is 0.334. The summed E-state index contributed by atoms with van der Waals surface area (Å²) in [6.07, 6.45) is 13.8. The largest absolute Gasteiger partial charge is 0.466 e. The highest BCUT2D eigenvalue weighted by Gasteiger charge is 2.52. The third-order valence-corrected chi connectivity index (χ3v) is 9.97. The van der Waals surface area contributed by atoms with E-state index < -0.39 is 0 Å². The lowest BCUT2D eigenvalue weighted by molar-refractivity contribution is -0.150. The first kappa shape index (κ1) is 26.5. The van der Waals surface area contributed by atoms with Crippen LogP contribution in [0, 0.1) is 23.6 Å². The fourth-order valence-corrected chi connectivity index (χ4v) is 8.18. The molecular weight excluding hydrogens is 493 g/mol. The molecule has 2 bridgehead atoms. The van der Waals surface area contributed by atoms with Crippen LogP contribution in [0.2, 0.25) is 0 Å². The van der Waals surface area contributed by atoms with Gasteiger partial charge in [-0.2, -0.15) is 5.10 Å². The summed E-state index contributed by atoms with van der Waals surface area (Å²) < 4.78 is 21.3. The van der Waals surface area contributed by atoms with Gasteiger partial charge in [-0.15, -0.1) is 0 Å². The topological polar surface area (TPSA) is 73.2 Å². The molecule has 3 unspecified atom stereocenters. The van der Waals surface area contributed by atoms with Crippen LogP contribution >= 0.6 is 0 Å². The molecule has 39 heavy (non-hydrogen) atoms. The van der Waals surface area contributed by atoms with Crippen LogP contribution in [0.3, 0.4) is 0 Å². The number of rotatable bonds is 7. The lowest BCUT2D eigenvalue weighted by Gasteiger charge is -2.30. The van der Waals surface area contributed by atoms with E-state index in [-0.39, 0.29) is 35.6 Å². The number of benzene rings is 1. The molecule has 0 spiro atoms. The first-order chi connectivity index (χ1) is 19.0. The number of halogens is 1. The maximum atomic E-state index is 14.0. The molecule has 3 fully saturated rings. The van der Waals surface area contributed by atoms with Crippen LogP contribution in [-0.4, -0.2) is 34.3 Å². The van der Waals surface area contributed by atoms with E-state index in [0.29, 0.717) is 30.2 Å². The Bertz CT molecular complexity index is 1190. The van der Waals surface area contributed by atoms with Crippen molar-refractivity contribution in [2.24, 2.45) is 17.8 Å². The van der Waals surface area contributed by atoms with Crippen LogP contribution in [-0.2, 0) is 22.4 Å². The van der Waals surface area contributed by atoms with Gasteiger partial charge in [0.2, 0.25) is 0 Å². The second-order valence-corrected chi connectivity index (χ2v) is 12.3. The maximum absolute atomic E-state index is 14.0. The van der Waals surface area contributed by atoms with Crippen LogP contribution in [0.1, 0.15) is 117 Å². The molecule has 6 rings (SSSR count). The van der Waals surface area contributed by atoms with Crippen molar-refractivity contribution in [1.82, 2.24) is 15.1 Å². The predicted octanol–water partition coefficient (Wildman–Crippen LogP) is 6.29. The molecule has 1 N–H and O–H groups in total. The van der Waals surface area contributed by atoms with Crippen LogP contribution in [0.5, 0.6) is 0 Å². The number of hydrogen-bond acceptors (Lipinski definition) is 4. The Morgan fingerprint density at radius 3 is 2.51 bits per heavy atom. The van der Waals surface area contributed by atoms with E-state index in [4.69, 9.17) is 9.84 Å². The molecule has 0 aliphatic heterocycles. The number of aromatic nitrogens is 2. The zero-order valence-electron chi connectivity index (χ0n) is 23.2. The molecule has 4 aliphatic carbocycles. The molecule has 2 aromatic rings. The van der Waals surface area contributed by atoms with E-state index in [0.717, 1.165) is 75.3 Å². The zero-order chi connectivity index (χ0) is 26.9. The summed E-state index contributed by atoms with van der Waals surface area (Å²) in [6, 6.07) is 7.00. The molecule has 6 nitrogen and oxygen atoms in total. The molecule has 3 saturated carbocycles. The number of amides is 1. The van der Waals surface area contributed by atoms with Crippen LogP contribution in [0.4, 0.5) is 4.39 Å². The van der Waals surface area contributed by atoms with Gasteiger partial charge in [0.05, 0.1) is 18.6 Å². The molecule has 0 radical (unpaired) electrons. The standard InChI is InChI=1S/C32H42FN3O3/c1-2-39-32(38)27-21-14-15-22(19-21)28(27)34-31(37)29-26-11-7-6-8-23(18-20-12-16-24(33)17-13-20)30(26)36(35-29)25-9-4-3-5-10-25/h12-13,16-17,21-23,25,27-28H,2-11,14-15,18-19H2,1H3,(H,34,37)/t21?,22?,23?,27-,28+/m1/s1. The minimum atomic E-state index is -0.252. The van der Waals surface area contributed by atoms with Crippen LogP contribution < -0.4 is 5.32 Å². The van der Waals surface area contributed by atoms with Gasteiger partial charge in [0.25, 0.3) is 5.91 Å². The molecule has 1 aromatic carbocycles. The SMILES string of the molecule is CCOC(=O)[C@@H]1C2CCC(C2)[C@@H]1NC(=O)c1nn(C2CCCCC2)c2c1CCCCC2Cc1ccc(F)cc1. The van der Waals surface area contributed by atoms with E-state index in [1.807, 2.05) is 19.1 Å². The van der Waals surface area contributed by atoms with Gasteiger partial charge < -0.3 is 10.1 Å². The van der Waals surface area contributed by atoms with Gasteiger partial charge in [0.1, 0.15) is 5.82 Å². The first-order valence-corrected chi connectivity index (χ1v) is 15.4. The van der Waals surface area contributed by atoms with E-state index in [1.54, 1.807) is 12.1 Å². The average molecular weight is 536 g/mol. The Morgan fingerprint density at radius 1 is 1.00 bits per heavy atom. The molecule has 1 heterocycles. The smallest absolute Gasteiger partial charge is 0.311 e. The minimum absolute atomic E-state index is 0.130. The van der Waals surface area contributed by atoms with Crippen molar-refractivity contribution in [3.63, 3.8) is 0 Å². The number of esters is 1. The van der Waals surface area contributed by atoms with Gasteiger partial charge in [0.15, 0.2) is 5.69 Å². The van der Waals surface area contributed by atoms with Crippen molar-refractivity contribution in [2.45, 2.75) is 108 Å². The summed E-state index contributed by atoms with van der Waals surface area (Å²) in [6.45, 7) is 2.20. The number of fused-ring (bicyclic) bond motifs is 3. The predicted molar refractivity (Wildman–Crippen MR) is 147 cm³/mol. The number of carbonyl (C=O) groups is 2. The highest BCUT2D eigenvalue weighted by atomic mass is 19.1. The molecule has 7 heteroatoms. The Labute approximate surface area is 231 Å². The molecule has 4 aliphatic rings. The van der Waals surface area contributed by atoms with Gasteiger partial charge >= 0.3 is 5.97 Å². The van der Waals surface area contributed by atoms with E-state index in [1.165, 1.54) is 25.0 Å². The summed E-state index contributed by atoms with van der Waals surface area (Å²) >= 11 is 0. The molecule has 1 amide bonds. The molecule has 5 atom stereocenters. The third kappa shape index (κ3) is 5.26. The second kappa shape index (κ2) is 11.4. The molecule has 210 valence electrons. The van der Waals surface area contributed by atoms with Crippen molar-refractivity contribution in [3.05, 3.63) is 52.6 Å². The van der Waals surface area contributed by atoms with Gasteiger partial charge in [0, 0.05) is 23.2 Å². The average Bonchev–Trinajstić information content (AvgIpc) is 3.62. The number of nitrogens with one attached hydrogen (secondary N) is 1. The number of ether oxygens (including phenoxy) is 1. The van der Waals surface area contributed by atoms with Crippen molar-refractivity contribution in [2.75, 3.05) is 6.61 Å². The van der Waals surface area contributed by atoms with E-state index >= 15 is 0 Å². The van der Waals surface area contributed by atoms with Crippen molar-refractivity contribution >= 4 is 11.9 Å². The summed E-state index contributed by atoms with van der Waals surface area (Å²) in [4.78, 5) is 26.9. The second-order valence-electron chi connectivity index (χ2n) is 12.3.